The van der Waals surface area contributed by atoms with Crippen LogP contribution in [0.15, 0.2) is 49.3 Å². The number of hydrogen-bond donors (Lipinski definition) is 2. The van der Waals surface area contributed by atoms with Gasteiger partial charge in [-0.2, -0.15) is 5.10 Å². The van der Waals surface area contributed by atoms with Crippen molar-refractivity contribution in [3.05, 3.63) is 55.0 Å². The molecule has 29 heavy (non-hydrogen) atoms. The summed E-state index contributed by atoms with van der Waals surface area (Å²) >= 11 is 0. The zero-order valence-corrected chi connectivity index (χ0v) is 16.3. The normalized spacial score (nSPS) is 28.6. The van der Waals surface area contributed by atoms with Gasteiger partial charge in [0.15, 0.2) is 0 Å². The largest absolute Gasteiger partial charge is 0.507 e. The summed E-state index contributed by atoms with van der Waals surface area (Å²) in [7, 11) is 0. The highest BCUT2D eigenvalue weighted by Crippen LogP contribution is 2.44. The number of nitrogens with zero attached hydrogens (tertiary/aromatic N) is 3. The molecule has 0 radical (unpaired) electrons. The second-order valence-electron chi connectivity index (χ2n) is 8.53. The van der Waals surface area contributed by atoms with Gasteiger partial charge in [-0.05, 0) is 67.5 Å². The van der Waals surface area contributed by atoms with E-state index in [-0.39, 0.29) is 23.2 Å². The number of phenols is 1. The number of fused-ring (bicyclic) bond motifs is 3. The number of halogens is 1. The Balaban J connectivity index is 1.43. The summed E-state index contributed by atoms with van der Waals surface area (Å²) in [5.41, 5.74) is 2.44. The minimum atomic E-state index is -0.960. The van der Waals surface area contributed by atoms with E-state index >= 15 is 0 Å². The van der Waals surface area contributed by atoms with Crippen LogP contribution in [0, 0.1) is 5.92 Å². The zero-order chi connectivity index (χ0) is 20.2. The molecule has 2 saturated heterocycles. The molecule has 0 aliphatic carbocycles. The number of allylic oxidation sites excluding steroid dienone is 1. The molecule has 0 amide bonds. The van der Waals surface area contributed by atoms with E-state index in [1.165, 1.54) is 0 Å². The Bertz CT molecular complexity index is 1100. The maximum Gasteiger partial charge on any atom is 0.125 e. The van der Waals surface area contributed by atoms with Crippen LogP contribution < -0.4 is 5.32 Å². The monoisotopic (exact) mass is 390 g/mol. The minimum absolute atomic E-state index is 0.0278. The Hall–Kier alpha value is -2.86. The smallest absolute Gasteiger partial charge is 0.125 e. The third-order valence-electron chi connectivity index (χ3n) is 6.45. The van der Waals surface area contributed by atoms with E-state index in [0.29, 0.717) is 28.9 Å². The van der Waals surface area contributed by atoms with Crippen LogP contribution in [0.3, 0.4) is 0 Å². The van der Waals surface area contributed by atoms with Gasteiger partial charge < -0.3 is 10.4 Å². The van der Waals surface area contributed by atoms with Crippen molar-refractivity contribution in [2.75, 3.05) is 0 Å². The molecular formula is C23H23FN4O. The van der Waals surface area contributed by atoms with Crippen LogP contribution in [-0.4, -0.2) is 38.0 Å². The van der Waals surface area contributed by atoms with Crippen LogP contribution >= 0.6 is 0 Å². The van der Waals surface area contributed by atoms with Gasteiger partial charge >= 0.3 is 0 Å². The second kappa shape index (κ2) is 6.59. The van der Waals surface area contributed by atoms with Gasteiger partial charge in [-0.25, -0.2) is 4.39 Å². The van der Waals surface area contributed by atoms with E-state index in [2.05, 4.69) is 34.0 Å². The standard InChI is InChI=1S/C23H23FN4O/c1-13(17-11-23(2)7-5-20(26-23)22(17)24)18-3-4-19(28-27-18)16-9-14-6-8-25-12-15(14)10-21(16)29/h3-4,6,8-10,12,17,20,22,26,29H,1,5,7,11H2,2H3/t17-,20?,22+,23+/m1/s1. The van der Waals surface area contributed by atoms with Crippen molar-refractivity contribution in [3.8, 4) is 17.0 Å². The molecule has 0 saturated carbocycles. The van der Waals surface area contributed by atoms with Gasteiger partial charge in [0, 0.05) is 40.8 Å². The Morgan fingerprint density at radius 2 is 2.10 bits per heavy atom. The predicted octanol–water partition coefficient (Wildman–Crippen LogP) is 4.28. The van der Waals surface area contributed by atoms with Crippen LogP contribution in [0.25, 0.3) is 27.6 Å². The molecule has 4 atom stereocenters. The van der Waals surface area contributed by atoms with Gasteiger partial charge in [-0.3, -0.25) is 4.98 Å². The molecule has 5 rings (SSSR count). The van der Waals surface area contributed by atoms with Gasteiger partial charge in [0.2, 0.25) is 0 Å². The highest BCUT2D eigenvalue weighted by Gasteiger charge is 2.49. The summed E-state index contributed by atoms with van der Waals surface area (Å²) in [4.78, 5) is 4.07. The molecular weight excluding hydrogens is 367 g/mol. The molecule has 148 valence electrons. The van der Waals surface area contributed by atoms with Crippen molar-refractivity contribution in [2.45, 2.75) is 43.9 Å². The minimum Gasteiger partial charge on any atom is -0.507 e. The van der Waals surface area contributed by atoms with Crippen molar-refractivity contribution in [1.29, 1.82) is 0 Å². The Morgan fingerprint density at radius 1 is 1.24 bits per heavy atom. The fraction of sp³-hybridized carbons (Fsp3) is 0.348. The summed E-state index contributed by atoms with van der Waals surface area (Å²) in [5, 5.41) is 24.3. The van der Waals surface area contributed by atoms with Crippen LogP contribution in [0.4, 0.5) is 4.39 Å². The average molecular weight is 390 g/mol. The number of benzene rings is 1. The summed E-state index contributed by atoms with van der Waals surface area (Å²) in [6, 6.07) is 8.95. The van der Waals surface area contributed by atoms with E-state index in [0.717, 1.165) is 23.6 Å². The van der Waals surface area contributed by atoms with Crippen LogP contribution in [0.2, 0.25) is 0 Å². The molecule has 2 aliphatic heterocycles. The van der Waals surface area contributed by atoms with E-state index in [4.69, 9.17) is 0 Å². The number of nitrogens with one attached hydrogen (secondary N) is 1. The third kappa shape index (κ3) is 3.08. The molecule has 2 N–H and O–H groups in total. The third-order valence-corrected chi connectivity index (χ3v) is 6.45. The Morgan fingerprint density at radius 3 is 2.90 bits per heavy atom. The van der Waals surface area contributed by atoms with Gasteiger partial charge in [0.05, 0.1) is 11.4 Å². The van der Waals surface area contributed by atoms with E-state index < -0.39 is 6.17 Å². The van der Waals surface area contributed by atoms with Crippen molar-refractivity contribution < 1.29 is 9.50 Å². The molecule has 1 aromatic carbocycles. The SMILES string of the molecule is C=C(c1ccc(-c2cc3ccncc3cc2O)nn1)[C@H]1C[C@]2(C)CCC(N2)[C@H]1F. The first-order valence-electron chi connectivity index (χ1n) is 9.95. The van der Waals surface area contributed by atoms with Gasteiger partial charge in [0.1, 0.15) is 11.9 Å². The van der Waals surface area contributed by atoms with Crippen molar-refractivity contribution in [3.63, 3.8) is 0 Å². The highest BCUT2D eigenvalue weighted by molar-refractivity contribution is 5.89. The molecule has 6 heteroatoms. The van der Waals surface area contributed by atoms with Gasteiger partial charge in [-0.15, -0.1) is 5.10 Å². The molecule has 5 nitrogen and oxygen atoms in total. The molecule has 2 bridgehead atoms. The van der Waals surface area contributed by atoms with Crippen molar-refractivity contribution in [2.24, 2.45) is 5.92 Å². The number of alkyl halides is 1. The van der Waals surface area contributed by atoms with Crippen LogP contribution in [0.5, 0.6) is 5.75 Å². The number of hydrogen-bond acceptors (Lipinski definition) is 5. The lowest BCUT2D eigenvalue weighted by Crippen LogP contribution is -2.53. The summed E-state index contributed by atoms with van der Waals surface area (Å²) in [5.74, 6) is -0.131. The molecule has 1 unspecified atom stereocenters. The number of aromatic hydroxyl groups is 1. The summed E-state index contributed by atoms with van der Waals surface area (Å²) < 4.78 is 15.0. The zero-order valence-electron chi connectivity index (χ0n) is 16.3. The molecule has 4 heterocycles. The van der Waals surface area contributed by atoms with Gasteiger partial charge in [0.25, 0.3) is 0 Å². The molecule has 0 spiro atoms. The maximum atomic E-state index is 15.0. The summed E-state index contributed by atoms with van der Waals surface area (Å²) in [6.07, 6.45) is 5.02. The van der Waals surface area contributed by atoms with Crippen molar-refractivity contribution in [1.82, 2.24) is 20.5 Å². The van der Waals surface area contributed by atoms with Gasteiger partial charge in [-0.1, -0.05) is 6.58 Å². The topological polar surface area (TPSA) is 70.9 Å². The summed E-state index contributed by atoms with van der Waals surface area (Å²) in [6.45, 7) is 6.32. The lowest BCUT2D eigenvalue weighted by Gasteiger charge is -2.39. The first-order chi connectivity index (χ1) is 13.9. The molecule has 3 aromatic rings. The Labute approximate surface area is 168 Å². The quantitative estimate of drug-likeness (QED) is 0.699. The fourth-order valence-corrected chi connectivity index (χ4v) is 4.83. The van der Waals surface area contributed by atoms with Crippen molar-refractivity contribution >= 4 is 16.3 Å². The number of aromatic nitrogens is 3. The lowest BCUT2D eigenvalue weighted by molar-refractivity contribution is 0.135. The number of phenolic OH excluding ortho intramolecular Hbond substituents is 1. The Kier molecular flexibility index (Phi) is 4.13. The second-order valence-corrected chi connectivity index (χ2v) is 8.53. The number of piperidine rings is 1. The molecule has 2 aromatic heterocycles. The lowest BCUT2D eigenvalue weighted by atomic mass is 9.78. The van der Waals surface area contributed by atoms with E-state index in [1.54, 1.807) is 24.5 Å². The molecule has 2 fully saturated rings. The fourth-order valence-electron chi connectivity index (χ4n) is 4.83. The number of pyridine rings is 1. The molecule has 2 aliphatic rings. The highest BCUT2D eigenvalue weighted by atomic mass is 19.1. The number of rotatable bonds is 3. The van der Waals surface area contributed by atoms with E-state index in [1.807, 2.05) is 18.2 Å². The van der Waals surface area contributed by atoms with Crippen LogP contribution in [0.1, 0.15) is 31.9 Å². The first-order valence-corrected chi connectivity index (χ1v) is 9.95. The van der Waals surface area contributed by atoms with Crippen LogP contribution in [-0.2, 0) is 0 Å². The van der Waals surface area contributed by atoms with E-state index in [9.17, 15) is 9.50 Å². The average Bonchev–Trinajstić information content (AvgIpc) is 3.07. The predicted molar refractivity (Wildman–Crippen MR) is 111 cm³/mol. The maximum absolute atomic E-state index is 15.0. The first kappa shape index (κ1) is 18.2.